The minimum absolute atomic E-state index is 0.0791. The van der Waals surface area contributed by atoms with E-state index in [0.717, 1.165) is 15.8 Å². The summed E-state index contributed by atoms with van der Waals surface area (Å²) in [5, 5.41) is 2.07. The minimum Gasteiger partial charge on any atom is -0.323 e. The Labute approximate surface area is 104 Å². The maximum Gasteiger partial charge on any atom is 0.150 e. The lowest BCUT2D eigenvalue weighted by atomic mass is 10.1. The molecule has 0 bridgehead atoms. The number of thiazole rings is 1. The zero-order chi connectivity index (χ0) is 11.4. The fourth-order valence-electron chi connectivity index (χ4n) is 1.36. The van der Waals surface area contributed by atoms with E-state index in [0.29, 0.717) is 0 Å². The van der Waals surface area contributed by atoms with E-state index < -0.39 is 0 Å². The van der Waals surface area contributed by atoms with Crippen LogP contribution in [0.5, 0.6) is 0 Å². The Hall–Kier alpha value is -0.840. The van der Waals surface area contributed by atoms with E-state index in [-0.39, 0.29) is 6.04 Å². The van der Waals surface area contributed by atoms with Crippen LogP contribution in [0.25, 0.3) is 0 Å². The molecule has 0 aliphatic carbocycles. The molecule has 0 amide bonds. The highest BCUT2D eigenvalue weighted by Gasteiger charge is 2.07. The van der Waals surface area contributed by atoms with Crippen molar-refractivity contribution in [1.82, 2.24) is 4.98 Å². The number of nitrogens with zero attached hydrogens (tertiary/aromatic N) is 1. The van der Waals surface area contributed by atoms with Gasteiger partial charge in [-0.15, -0.1) is 11.3 Å². The summed E-state index contributed by atoms with van der Waals surface area (Å²) in [5.74, 6) is 0.872. The minimum atomic E-state index is 0.0791. The Bertz CT molecular complexity index is 439. The van der Waals surface area contributed by atoms with Crippen molar-refractivity contribution in [2.24, 2.45) is 5.73 Å². The van der Waals surface area contributed by atoms with Gasteiger partial charge in [0.05, 0.1) is 0 Å². The normalized spacial score (nSPS) is 12.6. The first-order valence-corrected chi connectivity index (χ1v) is 6.97. The molecule has 0 fully saturated rings. The average molecular weight is 250 g/mol. The third-order valence-electron chi connectivity index (χ3n) is 2.21. The predicted molar refractivity (Wildman–Crippen MR) is 70.9 cm³/mol. The van der Waals surface area contributed by atoms with Crippen LogP contribution in [0, 0.1) is 6.92 Å². The van der Waals surface area contributed by atoms with E-state index >= 15 is 0 Å². The molecular weight excluding hydrogens is 236 g/mol. The lowest BCUT2D eigenvalue weighted by Gasteiger charge is -2.09. The standard InChI is InChI=1S/C12H14N2S2/c1-9-7-15-12(14-9)16-8-11(13)10-5-3-2-4-6-10/h2-7,11H,8,13H2,1H3. The van der Waals surface area contributed by atoms with Crippen LogP contribution in [-0.2, 0) is 0 Å². The SMILES string of the molecule is Cc1csc(SCC(N)c2ccccc2)n1. The molecule has 2 N–H and O–H groups in total. The van der Waals surface area contributed by atoms with Crippen LogP contribution in [0.2, 0.25) is 0 Å². The second kappa shape index (κ2) is 5.48. The summed E-state index contributed by atoms with van der Waals surface area (Å²) in [6.07, 6.45) is 0. The third kappa shape index (κ3) is 3.07. The highest BCUT2D eigenvalue weighted by Crippen LogP contribution is 2.26. The van der Waals surface area contributed by atoms with Gasteiger partial charge in [0, 0.05) is 22.9 Å². The summed E-state index contributed by atoms with van der Waals surface area (Å²) in [6, 6.07) is 10.3. The first kappa shape index (κ1) is 11.6. The summed E-state index contributed by atoms with van der Waals surface area (Å²) < 4.78 is 1.10. The van der Waals surface area contributed by atoms with Gasteiger partial charge in [0.25, 0.3) is 0 Å². The molecule has 1 heterocycles. The Morgan fingerprint density at radius 3 is 2.75 bits per heavy atom. The van der Waals surface area contributed by atoms with Crippen LogP contribution in [-0.4, -0.2) is 10.7 Å². The number of aryl methyl sites for hydroxylation is 1. The quantitative estimate of drug-likeness (QED) is 0.847. The van der Waals surface area contributed by atoms with Gasteiger partial charge in [-0.1, -0.05) is 42.1 Å². The molecule has 0 saturated heterocycles. The number of rotatable bonds is 4. The molecule has 2 aromatic rings. The van der Waals surface area contributed by atoms with E-state index in [4.69, 9.17) is 5.73 Å². The number of benzene rings is 1. The highest BCUT2D eigenvalue weighted by atomic mass is 32.2. The summed E-state index contributed by atoms with van der Waals surface area (Å²) in [6.45, 7) is 2.01. The fourth-order valence-corrected chi connectivity index (χ4v) is 3.22. The summed E-state index contributed by atoms with van der Waals surface area (Å²) in [5.41, 5.74) is 8.37. The van der Waals surface area contributed by atoms with Crippen LogP contribution in [0.1, 0.15) is 17.3 Å². The van der Waals surface area contributed by atoms with Gasteiger partial charge in [0.2, 0.25) is 0 Å². The van der Waals surface area contributed by atoms with Crippen molar-refractivity contribution >= 4 is 23.1 Å². The van der Waals surface area contributed by atoms with Crippen molar-refractivity contribution in [3.8, 4) is 0 Å². The molecule has 84 valence electrons. The second-order valence-corrected chi connectivity index (χ2v) is 5.71. The Morgan fingerprint density at radius 1 is 1.38 bits per heavy atom. The van der Waals surface area contributed by atoms with Crippen molar-refractivity contribution in [2.75, 3.05) is 5.75 Å². The van der Waals surface area contributed by atoms with Gasteiger partial charge in [-0.25, -0.2) is 4.98 Å². The van der Waals surface area contributed by atoms with Gasteiger partial charge in [-0.3, -0.25) is 0 Å². The predicted octanol–water partition coefficient (Wildman–Crippen LogP) is 3.24. The molecule has 1 unspecified atom stereocenters. The molecule has 2 rings (SSSR count). The van der Waals surface area contributed by atoms with Crippen LogP contribution in [0.3, 0.4) is 0 Å². The summed E-state index contributed by atoms with van der Waals surface area (Å²) >= 11 is 3.41. The molecule has 16 heavy (non-hydrogen) atoms. The summed E-state index contributed by atoms with van der Waals surface area (Å²) in [7, 11) is 0. The molecule has 1 atom stereocenters. The Morgan fingerprint density at radius 2 is 2.12 bits per heavy atom. The lowest BCUT2D eigenvalue weighted by molar-refractivity contribution is 0.831. The van der Waals surface area contributed by atoms with Gasteiger partial charge in [-0.2, -0.15) is 0 Å². The molecule has 2 nitrogen and oxygen atoms in total. The first-order chi connectivity index (χ1) is 7.75. The molecule has 0 spiro atoms. The number of thioether (sulfide) groups is 1. The van der Waals surface area contributed by atoms with E-state index in [1.807, 2.05) is 25.1 Å². The van der Waals surface area contributed by atoms with Crippen molar-refractivity contribution in [1.29, 1.82) is 0 Å². The summed E-state index contributed by atoms with van der Waals surface area (Å²) in [4.78, 5) is 4.40. The van der Waals surface area contributed by atoms with Crippen molar-refractivity contribution in [2.45, 2.75) is 17.3 Å². The van der Waals surface area contributed by atoms with Crippen LogP contribution >= 0.6 is 23.1 Å². The maximum atomic E-state index is 6.11. The van der Waals surface area contributed by atoms with Gasteiger partial charge >= 0.3 is 0 Å². The van der Waals surface area contributed by atoms with E-state index in [9.17, 15) is 0 Å². The van der Waals surface area contributed by atoms with E-state index in [2.05, 4.69) is 22.5 Å². The fraction of sp³-hybridized carbons (Fsp3) is 0.250. The first-order valence-electron chi connectivity index (χ1n) is 5.11. The number of hydrogen-bond donors (Lipinski definition) is 1. The second-order valence-electron chi connectivity index (χ2n) is 3.58. The largest absolute Gasteiger partial charge is 0.323 e. The Kier molecular flexibility index (Phi) is 3.98. The van der Waals surface area contributed by atoms with Crippen LogP contribution in [0.4, 0.5) is 0 Å². The molecule has 0 radical (unpaired) electrons. The maximum absolute atomic E-state index is 6.11. The van der Waals surface area contributed by atoms with Gasteiger partial charge < -0.3 is 5.73 Å². The molecule has 0 aliphatic rings. The number of nitrogens with two attached hydrogens (primary N) is 1. The van der Waals surface area contributed by atoms with Crippen molar-refractivity contribution in [3.05, 3.63) is 47.0 Å². The smallest absolute Gasteiger partial charge is 0.150 e. The van der Waals surface area contributed by atoms with Crippen molar-refractivity contribution in [3.63, 3.8) is 0 Å². The van der Waals surface area contributed by atoms with E-state index in [1.54, 1.807) is 23.1 Å². The molecular formula is C12H14N2S2. The molecule has 4 heteroatoms. The molecule has 1 aromatic heterocycles. The monoisotopic (exact) mass is 250 g/mol. The van der Waals surface area contributed by atoms with Gasteiger partial charge in [0.15, 0.2) is 0 Å². The van der Waals surface area contributed by atoms with Crippen molar-refractivity contribution < 1.29 is 0 Å². The van der Waals surface area contributed by atoms with E-state index in [1.165, 1.54) is 5.56 Å². The number of hydrogen-bond acceptors (Lipinski definition) is 4. The topological polar surface area (TPSA) is 38.9 Å². The molecule has 0 saturated carbocycles. The van der Waals surface area contributed by atoms with Crippen LogP contribution < -0.4 is 5.73 Å². The zero-order valence-electron chi connectivity index (χ0n) is 9.09. The molecule has 0 aliphatic heterocycles. The third-order valence-corrected chi connectivity index (χ3v) is 4.47. The van der Waals surface area contributed by atoms with Crippen LogP contribution in [0.15, 0.2) is 40.1 Å². The molecule has 1 aromatic carbocycles. The average Bonchev–Trinajstić information content (AvgIpc) is 2.73. The highest BCUT2D eigenvalue weighted by molar-refractivity contribution is 8.01. The lowest BCUT2D eigenvalue weighted by Crippen LogP contribution is -2.12. The number of aromatic nitrogens is 1. The zero-order valence-corrected chi connectivity index (χ0v) is 10.7. The Balaban J connectivity index is 1.91. The van der Waals surface area contributed by atoms with Gasteiger partial charge in [0.1, 0.15) is 4.34 Å². The van der Waals surface area contributed by atoms with Gasteiger partial charge in [-0.05, 0) is 12.5 Å².